The highest BCUT2D eigenvalue weighted by Gasteiger charge is 2.24. The van der Waals surface area contributed by atoms with Crippen molar-refractivity contribution in [1.29, 1.82) is 0 Å². The highest BCUT2D eigenvalue weighted by atomic mass is 32.1. The molecule has 2 aromatic carbocycles. The summed E-state index contributed by atoms with van der Waals surface area (Å²) >= 11 is 5.57. The van der Waals surface area contributed by atoms with E-state index in [4.69, 9.17) is 12.2 Å². The van der Waals surface area contributed by atoms with Crippen LogP contribution < -0.4 is 0 Å². The van der Waals surface area contributed by atoms with Crippen molar-refractivity contribution >= 4 is 23.1 Å². The first-order chi connectivity index (χ1) is 10.1. The van der Waals surface area contributed by atoms with E-state index in [9.17, 15) is 4.79 Å². The minimum Gasteiger partial charge on any atom is -0.296 e. The number of amides is 1. The maximum atomic E-state index is 12.8. The lowest BCUT2D eigenvalue weighted by atomic mass is 10.1. The Kier molecular flexibility index (Phi) is 5.23. The van der Waals surface area contributed by atoms with Gasteiger partial charge in [-0.2, -0.15) is 0 Å². The SMILES string of the molecule is CCC(C)N(C(=O)c1ccccc1)C(=S)c1ccccc1. The van der Waals surface area contributed by atoms with E-state index < -0.39 is 0 Å². The molecule has 0 fully saturated rings. The number of benzene rings is 2. The predicted octanol–water partition coefficient (Wildman–Crippen LogP) is 4.30. The third kappa shape index (κ3) is 3.56. The molecule has 2 aromatic rings. The molecule has 0 radical (unpaired) electrons. The van der Waals surface area contributed by atoms with Gasteiger partial charge in [-0.3, -0.25) is 9.69 Å². The molecular weight excluding hydrogens is 278 g/mol. The molecule has 0 bridgehead atoms. The van der Waals surface area contributed by atoms with E-state index in [1.807, 2.05) is 67.6 Å². The lowest BCUT2D eigenvalue weighted by Gasteiger charge is -2.29. The fourth-order valence-corrected chi connectivity index (χ4v) is 2.51. The van der Waals surface area contributed by atoms with Crippen molar-refractivity contribution < 1.29 is 4.79 Å². The summed E-state index contributed by atoms with van der Waals surface area (Å²) < 4.78 is 0. The zero-order valence-electron chi connectivity index (χ0n) is 12.3. The number of thiocarbonyl (C=S) groups is 1. The third-order valence-corrected chi connectivity index (χ3v) is 3.94. The van der Waals surface area contributed by atoms with Crippen molar-refractivity contribution in [2.24, 2.45) is 0 Å². The molecule has 0 aliphatic carbocycles. The van der Waals surface area contributed by atoms with Crippen LogP contribution in [0.25, 0.3) is 0 Å². The van der Waals surface area contributed by atoms with Crippen LogP contribution in [0.5, 0.6) is 0 Å². The molecule has 1 atom stereocenters. The van der Waals surface area contributed by atoms with Gasteiger partial charge in [-0.25, -0.2) is 0 Å². The minimum absolute atomic E-state index is 0.0428. The first-order valence-electron chi connectivity index (χ1n) is 7.13. The molecule has 0 spiro atoms. The van der Waals surface area contributed by atoms with Gasteiger partial charge in [0.1, 0.15) is 4.99 Å². The van der Waals surface area contributed by atoms with E-state index in [1.54, 1.807) is 4.90 Å². The summed E-state index contributed by atoms with van der Waals surface area (Å²) in [6, 6.07) is 19.0. The van der Waals surface area contributed by atoms with Crippen molar-refractivity contribution in [2.75, 3.05) is 0 Å². The molecule has 1 unspecified atom stereocenters. The quantitative estimate of drug-likeness (QED) is 0.784. The van der Waals surface area contributed by atoms with E-state index in [0.29, 0.717) is 10.6 Å². The number of hydrogen-bond donors (Lipinski definition) is 0. The monoisotopic (exact) mass is 297 g/mol. The molecule has 0 saturated carbocycles. The van der Waals surface area contributed by atoms with Gasteiger partial charge in [0.25, 0.3) is 5.91 Å². The van der Waals surface area contributed by atoms with Crippen LogP contribution >= 0.6 is 12.2 Å². The maximum absolute atomic E-state index is 12.8. The van der Waals surface area contributed by atoms with Crippen molar-refractivity contribution in [1.82, 2.24) is 4.90 Å². The van der Waals surface area contributed by atoms with Gasteiger partial charge in [-0.05, 0) is 25.5 Å². The summed E-state index contributed by atoms with van der Waals surface area (Å²) in [5.41, 5.74) is 1.56. The van der Waals surface area contributed by atoms with Crippen molar-refractivity contribution in [2.45, 2.75) is 26.3 Å². The number of nitrogens with zero attached hydrogens (tertiary/aromatic N) is 1. The first-order valence-corrected chi connectivity index (χ1v) is 7.54. The fraction of sp³-hybridized carbons (Fsp3) is 0.222. The average molecular weight is 297 g/mol. The smallest absolute Gasteiger partial charge is 0.259 e. The number of rotatable bonds is 4. The summed E-state index contributed by atoms with van der Waals surface area (Å²) in [7, 11) is 0. The summed E-state index contributed by atoms with van der Waals surface area (Å²) in [5, 5.41) is 0. The van der Waals surface area contributed by atoms with Crippen molar-refractivity contribution in [3.8, 4) is 0 Å². The lowest BCUT2D eigenvalue weighted by Crippen LogP contribution is -2.42. The normalized spacial score (nSPS) is 11.7. The standard InChI is InChI=1S/C18H19NOS/c1-3-14(2)19(17(20)15-10-6-4-7-11-15)18(21)16-12-8-5-9-13-16/h4-14H,3H2,1-2H3. The van der Waals surface area contributed by atoms with Crippen molar-refractivity contribution in [3.05, 3.63) is 71.8 Å². The Bertz CT molecular complexity index is 558. The van der Waals surface area contributed by atoms with Crippen LogP contribution in [0, 0.1) is 0 Å². The van der Waals surface area contributed by atoms with Crippen LogP contribution in [0.15, 0.2) is 60.7 Å². The Balaban J connectivity index is 2.35. The van der Waals surface area contributed by atoms with Crippen LogP contribution in [0.4, 0.5) is 0 Å². The van der Waals surface area contributed by atoms with E-state index in [2.05, 4.69) is 6.92 Å². The van der Waals surface area contributed by atoms with Gasteiger partial charge in [-0.1, -0.05) is 67.7 Å². The van der Waals surface area contributed by atoms with Gasteiger partial charge < -0.3 is 0 Å². The van der Waals surface area contributed by atoms with Gasteiger partial charge in [0.15, 0.2) is 0 Å². The third-order valence-electron chi connectivity index (χ3n) is 3.51. The molecule has 0 aliphatic rings. The van der Waals surface area contributed by atoms with Crippen molar-refractivity contribution in [3.63, 3.8) is 0 Å². The molecule has 0 N–H and O–H groups in total. The summed E-state index contributed by atoms with van der Waals surface area (Å²) in [6.07, 6.45) is 0.853. The zero-order chi connectivity index (χ0) is 15.2. The van der Waals surface area contributed by atoms with Crippen LogP contribution in [0.3, 0.4) is 0 Å². The molecule has 0 aromatic heterocycles. The molecule has 3 heteroatoms. The molecule has 0 aliphatic heterocycles. The van der Waals surface area contributed by atoms with Crippen LogP contribution in [-0.2, 0) is 0 Å². The fourth-order valence-electron chi connectivity index (χ4n) is 2.11. The van der Waals surface area contributed by atoms with Gasteiger partial charge in [0.05, 0.1) is 0 Å². The molecule has 2 rings (SSSR count). The number of carbonyl (C=O) groups excluding carboxylic acids is 1. The average Bonchev–Trinajstić information content (AvgIpc) is 2.56. The van der Waals surface area contributed by atoms with Gasteiger partial charge in [0.2, 0.25) is 0 Å². The van der Waals surface area contributed by atoms with E-state index in [-0.39, 0.29) is 11.9 Å². The highest BCUT2D eigenvalue weighted by Crippen LogP contribution is 2.16. The largest absolute Gasteiger partial charge is 0.296 e. The Morgan fingerprint density at radius 1 is 1.00 bits per heavy atom. The first kappa shape index (κ1) is 15.4. The molecule has 21 heavy (non-hydrogen) atoms. The second-order valence-corrected chi connectivity index (χ2v) is 5.36. The second kappa shape index (κ2) is 7.14. The topological polar surface area (TPSA) is 20.3 Å². The lowest BCUT2D eigenvalue weighted by molar-refractivity contribution is 0.0812. The molecule has 108 valence electrons. The van der Waals surface area contributed by atoms with E-state index >= 15 is 0 Å². The van der Waals surface area contributed by atoms with Gasteiger partial charge in [0, 0.05) is 17.2 Å². The van der Waals surface area contributed by atoms with Gasteiger partial charge in [-0.15, -0.1) is 0 Å². The molecular formula is C18H19NOS. The number of carbonyl (C=O) groups is 1. The highest BCUT2D eigenvalue weighted by molar-refractivity contribution is 7.80. The Morgan fingerprint density at radius 3 is 1.95 bits per heavy atom. The Labute approximate surface area is 131 Å². The summed E-state index contributed by atoms with van der Waals surface area (Å²) in [4.78, 5) is 15.1. The minimum atomic E-state index is -0.0428. The molecule has 0 saturated heterocycles. The maximum Gasteiger partial charge on any atom is 0.259 e. The second-order valence-electron chi connectivity index (χ2n) is 4.97. The van der Waals surface area contributed by atoms with Gasteiger partial charge >= 0.3 is 0 Å². The molecule has 0 heterocycles. The predicted molar refractivity (Wildman–Crippen MR) is 90.5 cm³/mol. The Morgan fingerprint density at radius 2 is 1.48 bits per heavy atom. The summed E-state index contributed by atoms with van der Waals surface area (Å²) in [5.74, 6) is -0.0428. The Hall–Kier alpha value is -2.00. The zero-order valence-corrected chi connectivity index (χ0v) is 13.1. The van der Waals surface area contributed by atoms with Crippen LogP contribution in [0.1, 0.15) is 36.2 Å². The van der Waals surface area contributed by atoms with E-state index in [0.717, 1.165) is 12.0 Å². The number of hydrogen-bond acceptors (Lipinski definition) is 2. The van der Waals surface area contributed by atoms with Crippen LogP contribution in [0.2, 0.25) is 0 Å². The molecule has 2 nitrogen and oxygen atoms in total. The summed E-state index contributed by atoms with van der Waals surface area (Å²) in [6.45, 7) is 4.08. The molecule has 1 amide bonds. The van der Waals surface area contributed by atoms with Crippen LogP contribution in [-0.4, -0.2) is 21.8 Å². The van der Waals surface area contributed by atoms with E-state index in [1.165, 1.54) is 0 Å².